The molecule has 0 fully saturated rings. The summed E-state index contributed by atoms with van der Waals surface area (Å²) >= 11 is 0. The Morgan fingerprint density at radius 3 is 2.28 bits per heavy atom. The lowest BCUT2D eigenvalue weighted by molar-refractivity contribution is -0.140. The molecule has 0 atom stereocenters. The van der Waals surface area contributed by atoms with E-state index in [2.05, 4.69) is 4.98 Å². The van der Waals surface area contributed by atoms with Crippen LogP contribution < -0.4 is 4.90 Å². The van der Waals surface area contributed by atoms with Gasteiger partial charge in [-0.15, -0.1) is 0 Å². The minimum Gasteiger partial charge on any atom is -0.343 e. The quantitative estimate of drug-likeness (QED) is 0.806. The first-order valence-electron chi connectivity index (χ1n) is 5.31. The van der Waals surface area contributed by atoms with E-state index in [1.54, 1.807) is 31.3 Å². The maximum absolute atomic E-state index is 12.8. The fraction of sp³-hybridized carbons (Fsp3) is 0.154. The Kier molecular flexibility index (Phi) is 3.23. The highest BCUT2D eigenvalue weighted by atomic mass is 19.4. The first-order chi connectivity index (χ1) is 8.50. The maximum Gasteiger partial charge on any atom is 0.435 e. The predicted molar refractivity (Wildman–Crippen MR) is 63.7 cm³/mol. The van der Waals surface area contributed by atoms with Crippen LogP contribution in [0.3, 0.4) is 0 Å². The van der Waals surface area contributed by atoms with Crippen LogP contribution in [0.5, 0.6) is 0 Å². The van der Waals surface area contributed by atoms with Crippen molar-refractivity contribution in [2.45, 2.75) is 6.18 Å². The van der Waals surface area contributed by atoms with E-state index in [0.717, 1.165) is 6.20 Å². The number of benzene rings is 1. The van der Waals surface area contributed by atoms with Gasteiger partial charge in [-0.05, 0) is 24.3 Å². The van der Waals surface area contributed by atoms with Gasteiger partial charge in [0, 0.05) is 18.9 Å². The normalized spacial score (nSPS) is 11.3. The van der Waals surface area contributed by atoms with Crippen LogP contribution in [-0.4, -0.2) is 12.0 Å². The van der Waals surface area contributed by atoms with Crippen molar-refractivity contribution < 1.29 is 13.2 Å². The second-order valence-electron chi connectivity index (χ2n) is 3.76. The number of nitrogens with zero attached hydrogens (tertiary/aromatic N) is 2. The monoisotopic (exact) mass is 252 g/mol. The first-order valence-corrected chi connectivity index (χ1v) is 5.31. The summed E-state index contributed by atoms with van der Waals surface area (Å²) in [4.78, 5) is 4.90. The first kappa shape index (κ1) is 12.4. The molecule has 0 aliphatic carbocycles. The number of rotatable bonds is 2. The molecular formula is C13H11F3N2. The molecule has 94 valence electrons. The van der Waals surface area contributed by atoms with Crippen molar-refractivity contribution in [2.75, 3.05) is 11.9 Å². The molecular weight excluding hydrogens is 241 g/mol. The van der Waals surface area contributed by atoms with E-state index < -0.39 is 11.9 Å². The van der Waals surface area contributed by atoms with E-state index in [-0.39, 0.29) is 5.69 Å². The average Bonchev–Trinajstić information content (AvgIpc) is 2.38. The summed E-state index contributed by atoms with van der Waals surface area (Å²) in [6.07, 6.45) is -3.31. The minimum atomic E-state index is -4.46. The Hall–Kier alpha value is -2.04. The molecule has 18 heavy (non-hydrogen) atoms. The van der Waals surface area contributed by atoms with Gasteiger partial charge in [-0.1, -0.05) is 18.2 Å². The molecule has 0 saturated heterocycles. The van der Waals surface area contributed by atoms with E-state index in [4.69, 9.17) is 0 Å². The van der Waals surface area contributed by atoms with E-state index in [1.165, 1.54) is 17.0 Å². The van der Waals surface area contributed by atoms with Gasteiger partial charge < -0.3 is 4.90 Å². The highest BCUT2D eigenvalue weighted by Gasteiger charge is 2.36. The Morgan fingerprint density at radius 1 is 1.00 bits per heavy atom. The lowest BCUT2D eigenvalue weighted by Gasteiger charge is -2.22. The van der Waals surface area contributed by atoms with Gasteiger partial charge in [-0.2, -0.15) is 13.2 Å². The molecule has 5 heteroatoms. The zero-order valence-corrected chi connectivity index (χ0v) is 9.65. The third-order valence-corrected chi connectivity index (χ3v) is 2.56. The van der Waals surface area contributed by atoms with Crippen molar-refractivity contribution in [3.63, 3.8) is 0 Å². The summed E-state index contributed by atoms with van der Waals surface area (Å²) in [5, 5.41) is 0. The smallest absolute Gasteiger partial charge is 0.343 e. The van der Waals surface area contributed by atoms with Crippen molar-refractivity contribution in [2.24, 2.45) is 0 Å². The summed E-state index contributed by atoms with van der Waals surface area (Å²) in [7, 11) is 1.58. The molecule has 0 radical (unpaired) electrons. The zero-order chi connectivity index (χ0) is 13.2. The topological polar surface area (TPSA) is 16.1 Å². The average molecular weight is 252 g/mol. The number of halogens is 3. The second kappa shape index (κ2) is 4.68. The van der Waals surface area contributed by atoms with Gasteiger partial charge in [0.05, 0.1) is 5.69 Å². The van der Waals surface area contributed by atoms with Gasteiger partial charge in [0.15, 0.2) is 5.69 Å². The molecule has 1 heterocycles. The second-order valence-corrected chi connectivity index (χ2v) is 3.76. The highest BCUT2D eigenvalue weighted by Crippen LogP contribution is 2.36. The Labute approximate surface area is 103 Å². The minimum absolute atomic E-state index is 0.0381. The summed E-state index contributed by atoms with van der Waals surface area (Å²) < 4.78 is 38.5. The van der Waals surface area contributed by atoms with E-state index in [1.807, 2.05) is 6.07 Å². The number of para-hydroxylation sites is 1. The number of hydrogen-bond donors (Lipinski definition) is 0. The summed E-state index contributed by atoms with van der Waals surface area (Å²) in [5.41, 5.74) is -0.163. The Bertz CT molecular complexity index is 523. The molecule has 2 nitrogen and oxygen atoms in total. The molecule has 0 unspecified atom stereocenters. The van der Waals surface area contributed by atoms with Crippen molar-refractivity contribution in [1.29, 1.82) is 0 Å². The third-order valence-electron chi connectivity index (χ3n) is 2.56. The van der Waals surface area contributed by atoms with Crippen molar-refractivity contribution >= 4 is 11.4 Å². The highest BCUT2D eigenvalue weighted by molar-refractivity contribution is 5.64. The summed E-state index contributed by atoms with van der Waals surface area (Å²) in [5.74, 6) is 0. The van der Waals surface area contributed by atoms with Gasteiger partial charge in [0.2, 0.25) is 0 Å². The van der Waals surface area contributed by atoms with E-state index in [9.17, 15) is 13.2 Å². The maximum atomic E-state index is 12.8. The molecule has 0 N–H and O–H groups in total. The van der Waals surface area contributed by atoms with Gasteiger partial charge in [-0.25, -0.2) is 4.98 Å². The standard InChI is InChI=1S/C13H11F3N2/c1-18(10-6-3-2-4-7-10)11-8-5-9-17-12(11)13(14,15)16/h2-9H,1H3. The van der Waals surface area contributed by atoms with Crippen molar-refractivity contribution in [3.05, 3.63) is 54.4 Å². The molecule has 0 spiro atoms. The molecule has 1 aromatic carbocycles. The Morgan fingerprint density at radius 2 is 1.67 bits per heavy atom. The number of hydrogen-bond acceptors (Lipinski definition) is 2. The molecule has 0 saturated carbocycles. The fourth-order valence-electron chi connectivity index (χ4n) is 1.68. The van der Waals surface area contributed by atoms with Crippen LogP contribution in [0.15, 0.2) is 48.7 Å². The van der Waals surface area contributed by atoms with Crippen molar-refractivity contribution in [3.8, 4) is 0 Å². The van der Waals surface area contributed by atoms with Crippen LogP contribution in [-0.2, 0) is 6.18 Å². The van der Waals surface area contributed by atoms with E-state index >= 15 is 0 Å². The van der Waals surface area contributed by atoms with Crippen LogP contribution in [0.2, 0.25) is 0 Å². The molecule has 0 bridgehead atoms. The lowest BCUT2D eigenvalue weighted by Crippen LogP contribution is -2.17. The van der Waals surface area contributed by atoms with Gasteiger partial charge in [-0.3, -0.25) is 0 Å². The van der Waals surface area contributed by atoms with Crippen LogP contribution >= 0.6 is 0 Å². The lowest BCUT2D eigenvalue weighted by atomic mass is 10.2. The molecule has 2 rings (SSSR count). The third kappa shape index (κ3) is 2.45. The molecule has 0 aliphatic heterocycles. The SMILES string of the molecule is CN(c1ccccc1)c1cccnc1C(F)(F)F. The number of pyridine rings is 1. The van der Waals surface area contributed by atoms with Crippen LogP contribution in [0.4, 0.5) is 24.5 Å². The van der Waals surface area contributed by atoms with Gasteiger partial charge in [0.25, 0.3) is 0 Å². The van der Waals surface area contributed by atoms with Crippen LogP contribution in [0, 0.1) is 0 Å². The molecule has 2 aromatic rings. The van der Waals surface area contributed by atoms with E-state index in [0.29, 0.717) is 5.69 Å². The fourth-order valence-corrected chi connectivity index (χ4v) is 1.68. The van der Waals surface area contributed by atoms with Gasteiger partial charge >= 0.3 is 6.18 Å². The summed E-state index contributed by atoms with van der Waals surface area (Å²) in [6, 6.07) is 11.7. The molecule has 1 aromatic heterocycles. The predicted octanol–water partition coefficient (Wildman–Crippen LogP) is 3.87. The zero-order valence-electron chi connectivity index (χ0n) is 9.65. The van der Waals surface area contributed by atoms with Gasteiger partial charge in [0.1, 0.15) is 0 Å². The number of alkyl halides is 3. The van der Waals surface area contributed by atoms with Crippen LogP contribution in [0.25, 0.3) is 0 Å². The van der Waals surface area contributed by atoms with Crippen LogP contribution in [0.1, 0.15) is 5.69 Å². The molecule has 0 aliphatic rings. The largest absolute Gasteiger partial charge is 0.435 e. The molecule has 0 amide bonds. The number of aromatic nitrogens is 1. The summed E-state index contributed by atoms with van der Waals surface area (Å²) in [6.45, 7) is 0. The number of anilines is 2. The van der Waals surface area contributed by atoms with Crippen molar-refractivity contribution in [1.82, 2.24) is 4.98 Å². The Balaban J connectivity index is 2.46.